The van der Waals surface area contributed by atoms with Crippen LogP contribution in [0.5, 0.6) is 0 Å². The molecule has 0 aliphatic heterocycles. The van der Waals surface area contributed by atoms with Crippen molar-refractivity contribution in [3.05, 3.63) is 36.4 Å². The number of thiol groups is 1. The second-order valence-corrected chi connectivity index (χ2v) is 4.06. The average Bonchev–Trinajstić information content (AvgIpc) is 2.17. The van der Waals surface area contributed by atoms with Crippen molar-refractivity contribution in [1.29, 1.82) is 0 Å². The summed E-state index contributed by atoms with van der Waals surface area (Å²) in [5.74, 6) is 0. The van der Waals surface area contributed by atoms with E-state index in [1.807, 2.05) is 24.3 Å². The lowest BCUT2D eigenvalue weighted by atomic mass is 10.1. The Balaban J connectivity index is 2.66. The highest BCUT2D eigenvalue weighted by atomic mass is 33.1. The van der Waals surface area contributed by atoms with Crippen LogP contribution in [0, 0.1) is 0 Å². The van der Waals surface area contributed by atoms with E-state index in [2.05, 4.69) is 23.8 Å². The Kier molecular flexibility index (Phi) is 2.38. The summed E-state index contributed by atoms with van der Waals surface area (Å²) < 4.78 is 0. The standard InChI is InChI=1S/C10H9NS2/c11-9-3-1-8-6-10(13-12)4-2-7(8)5-9/h1-6,12H,11H2. The third-order valence-corrected chi connectivity index (χ3v) is 3.04. The van der Waals surface area contributed by atoms with Crippen molar-refractivity contribution in [2.75, 3.05) is 5.73 Å². The summed E-state index contributed by atoms with van der Waals surface area (Å²) in [5.41, 5.74) is 6.48. The lowest BCUT2D eigenvalue weighted by Crippen LogP contribution is -1.83. The third kappa shape index (κ3) is 1.76. The molecule has 0 spiro atoms. The first-order chi connectivity index (χ1) is 6.29. The van der Waals surface area contributed by atoms with Crippen molar-refractivity contribution >= 4 is 38.9 Å². The molecule has 2 N–H and O–H groups in total. The van der Waals surface area contributed by atoms with E-state index < -0.39 is 0 Å². The van der Waals surface area contributed by atoms with Crippen LogP contribution in [0.15, 0.2) is 41.3 Å². The molecule has 0 heterocycles. The molecule has 1 nitrogen and oxygen atoms in total. The zero-order chi connectivity index (χ0) is 9.26. The summed E-state index contributed by atoms with van der Waals surface area (Å²) in [6.45, 7) is 0. The monoisotopic (exact) mass is 207 g/mol. The first-order valence-corrected chi connectivity index (χ1v) is 5.77. The Morgan fingerprint density at radius 1 is 1.00 bits per heavy atom. The van der Waals surface area contributed by atoms with Gasteiger partial charge in [0, 0.05) is 10.6 Å². The minimum atomic E-state index is 0.804. The number of nitrogens with two attached hydrogens (primary N) is 1. The Labute approximate surface area is 86.1 Å². The van der Waals surface area contributed by atoms with E-state index in [9.17, 15) is 0 Å². The van der Waals surface area contributed by atoms with E-state index in [-0.39, 0.29) is 0 Å². The second-order valence-electron chi connectivity index (χ2n) is 2.86. The fourth-order valence-corrected chi connectivity index (χ4v) is 1.95. The molecular weight excluding hydrogens is 198 g/mol. The SMILES string of the molecule is Nc1ccc2cc(SS)ccc2c1. The van der Waals surface area contributed by atoms with Crippen LogP contribution >= 0.6 is 22.5 Å². The molecule has 3 heteroatoms. The maximum atomic E-state index is 5.67. The largest absolute Gasteiger partial charge is 0.399 e. The van der Waals surface area contributed by atoms with Gasteiger partial charge in [0.05, 0.1) is 0 Å². The molecule has 66 valence electrons. The maximum absolute atomic E-state index is 5.67. The van der Waals surface area contributed by atoms with Crippen LogP contribution in [0.3, 0.4) is 0 Å². The van der Waals surface area contributed by atoms with E-state index in [1.54, 1.807) is 0 Å². The Bertz CT molecular complexity index is 440. The van der Waals surface area contributed by atoms with E-state index in [1.165, 1.54) is 21.6 Å². The molecular formula is C10H9NS2. The molecule has 0 saturated carbocycles. The van der Waals surface area contributed by atoms with Gasteiger partial charge >= 0.3 is 0 Å². The molecule has 2 aromatic rings. The lowest BCUT2D eigenvalue weighted by Gasteiger charge is -2.01. The van der Waals surface area contributed by atoms with Gasteiger partial charge in [-0.2, -0.15) is 0 Å². The number of nitrogen functional groups attached to an aromatic ring is 1. The zero-order valence-corrected chi connectivity index (χ0v) is 8.61. The highest BCUT2D eigenvalue weighted by Gasteiger charge is 1.95. The van der Waals surface area contributed by atoms with E-state index in [0.29, 0.717) is 0 Å². The summed E-state index contributed by atoms with van der Waals surface area (Å²) in [7, 11) is 1.45. The molecule has 2 rings (SSSR count). The summed E-state index contributed by atoms with van der Waals surface area (Å²) in [6, 6.07) is 12.1. The summed E-state index contributed by atoms with van der Waals surface area (Å²) in [4.78, 5) is 1.15. The van der Waals surface area contributed by atoms with Gasteiger partial charge in [-0.25, -0.2) is 0 Å². The van der Waals surface area contributed by atoms with Gasteiger partial charge in [-0.05, 0) is 35.0 Å². The normalized spacial score (nSPS) is 10.5. The Morgan fingerprint density at radius 2 is 1.69 bits per heavy atom. The molecule has 0 aliphatic rings. The maximum Gasteiger partial charge on any atom is 0.0320 e. The molecule has 0 fully saturated rings. The van der Waals surface area contributed by atoms with Crippen LogP contribution in [0.4, 0.5) is 5.69 Å². The minimum absolute atomic E-state index is 0.804. The van der Waals surface area contributed by atoms with Crippen LogP contribution in [0.25, 0.3) is 10.8 Å². The Hall–Kier alpha value is -0.800. The van der Waals surface area contributed by atoms with Crippen molar-refractivity contribution in [1.82, 2.24) is 0 Å². The van der Waals surface area contributed by atoms with Gasteiger partial charge in [-0.1, -0.05) is 22.9 Å². The van der Waals surface area contributed by atoms with Crippen molar-refractivity contribution < 1.29 is 0 Å². The topological polar surface area (TPSA) is 26.0 Å². The molecule has 0 saturated heterocycles. The first kappa shape index (κ1) is 8.78. The number of anilines is 1. The number of hydrogen-bond donors (Lipinski definition) is 2. The minimum Gasteiger partial charge on any atom is -0.399 e. The van der Waals surface area contributed by atoms with Crippen molar-refractivity contribution in [2.45, 2.75) is 4.90 Å². The van der Waals surface area contributed by atoms with Crippen molar-refractivity contribution in [3.8, 4) is 0 Å². The number of fused-ring (bicyclic) bond motifs is 1. The first-order valence-electron chi connectivity index (χ1n) is 3.90. The molecule has 0 atom stereocenters. The predicted molar refractivity (Wildman–Crippen MR) is 63.2 cm³/mol. The highest BCUT2D eigenvalue weighted by molar-refractivity contribution is 8.68. The van der Waals surface area contributed by atoms with E-state index in [4.69, 9.17) is 5.73 Å². The number of rotatable bonds is 1. The predicted octanol–water partition coefficient (Wildman–Crippen LogP) is 3.36. The van der Waals surface area contributed by atoms with Gasteiger partial charge in [0.2, 0.25) is 0 Å². The lowest BCUT2D eigenvalue weighted by molar-refractivity contribution is 1.52. The summed E-state index contributed by atoms with van der Waals surface area (Å²) >= 11 is 4.15. The quantitative estimate of drug-likeness (QED) is 0.426. The van der Waals surface area contributed by atoms with E-state index in [0.717, 1.165) is 10.6 Å². The average molecular weight is 207 g/mol. The van der Waals surface area contributed by atoms with Gasteiger partial charge in [0.25, 0.3) is 0 Å². The van der Waals surface area contributed by atoms with Crippen LogP contribution < -0.4 is 5.73 Å². The molecule has 2 aromatic carbocycles. The molecule has 13 heavy (non-hydrogen) atoms. The van der Waals surface area contributed by atoms with Gasteiger partial charge in [0.15, 0.2) is 0 Å². The van der Waals surface area contributed by atoms with Crippen molar-refractivity contribution in [2.24, 2.45) is 0 Å². The van der Waals surface area contributed by atoms with Crippen LogP contribution in [0.1, 0.15) is 0 Å². The zero-order valence-electron chi connectivity index (χ0n) is 6.90. The number of hydrogen-bond acceptors (Lipinski definition) is 3. The molecule has 0 aromatic heterocycles. The van der Waals surface area contributed by atoms with Crippen LogP contribution in [-0.2, 0) is 0 Å². The highest BCUT2D eigenvalue weighted by Crippen LogP contribution is 2.26. The molecule has 0 bridgehead atoms. The molecule has 0 radical (unpaired) electrons. The van der Waals surface area contributed by atoms with Crippen LogP contribution in [0.2, 0.25) is 0 Å². The number of benzene rings is 2. The summed E-state index contributed by atoms with van der Waals surface area (Å²) in [6.07, 6.45) is 0. The van der Waals surface area contributed by atoms with Gasteiger partial charge in [-0.15, -0.1) is 11.7 Å². The van der Waals surface area contributed by atoms with Crippen LogP contribution in [-0.4, -0.2) is 0 Å². The molecule has 0 amide bonds. The molecule has 0 aliphatic carbocycles. The van der Waals surface area contributed by atoms with Gasteiger partial charge in [-0.3, -0.25) is 0 Å². The van der Waals surface area contributed by atoms with Gasteiger partial charge < -0.3 is 5.73 Å². The van der Waals surface area contributed by atoms with Crippen molar-refractivity contribution in [3.63, 3.8) is 0 Å². The third-order valence-electron chi connectivity index (χ3n) is 1.94. The smallest absolute Gasteiger partial charge is 0.0320 e. The summed E-state index contributed by atoms with van der Waals surface area (Å²) in [5, 5.41) is 2.37. The van der Waals surface area contributed by atoms with Gasteiger partial charge in [0.1, 0.15) is 0 Å². The fourth-order valence-electron chi connectivity index (χ4n) is 1.30. The fraction of sp³-hybridized carbons (Fsp3) is 0. The van der Waals surface area contributed by atoms with E-state index >= 15 is 0 Å². The molecule has 0 unspecified atom stereocenters. The Morgan fingerprint density at radius 3 is 2.46 bits per heavy atom. The second kappa shape index (κ2) is 3.52.